The minimum absolute atomic E-state index is 0.172. The molecule has 190 valence electrons. The van der Waals surface area contributed by atoms with E-state index >= 15 is 0 Å². The van der Waals surface area contributed by atoms with E-state index in [1.807, 2.05) is 27.7 Å². The Balaban J connectivity index is 5.51. The first kappa shape index (κ1) is 30.4. The molecule has 0 aromatic rings. The normalized spacial score (nSPS) is 13.7. The van der Waals surface area contributed by atoms with Crippen LogP contribution in [0.1, 0.15) is 47.5 Å². The molecule has 10 heteroatoms. The van der Waals surface area contributed by atoms with Crippen LogP contribution in [0.2, 0.25) is 0 Å². The van der Waals surface area contributed by atoms with Gasteiger partial charge in [-0.05, 0) is 24.7 Å². The summed E-state index contributed by atoms with van der Waals surface area (Å²) in [5.41, 5.74) is 0. The zero-order valence-corrected chi connectivity index (χ0v) is 21.9. The molecule has 0 heterocycles. The predicted octanol–water partition coefficient (Wildman–Crippen LogP) is 0.414. The highest BCUT2D eigenvalue weighted by Gasteiger charge is 2.36. The number of carbonyl (C=O) groups is 5. The first-order valence-corrected chi connectivity index (χ1v) is 11.4. The van der Waals surface area contributed by atoms with E-state index in [0.717, 1.165) is 0 Å². The lowest BCUT2D eigenvalue weighted by molar-refractivity contribution is -0.150. The molecule has 33 heavy (non-hydrogen) atoms. The topological polar surface area (TPSA) is 110 Å². The highest BCUT2D eigenvalue weighted by molar-refractivity contribution is 5.93. The van der Waals surface area contributed by atoms with Crippen molar-refractivity contribution in [3.05, 3.63) is 0 Å². The zero-order chi connectivity index (χ0) is 26.0. The Morgan fingerprint density at radius 2 is 1.42 bits per heavy atom. The fourth-order valence-electron chi connectivity index (χ4n) is 3.64. The number of hydrogen-bond acceptors (Lipinski definition) is 5. The van der Waals surface area contributed by atoms with E-state index < -0.39 is 24.0 Å². The summed E-state index contributed by atoms with van der Waals surface area (Å²) in [5, 5.41) is 2.67. The van der Waals surface area contributed by atoms with Gasteiger partial charge < -0.3 is 24.9 Å². The van der Waals surface area contributed by atoms with Gasteiger partial charge in [0.05, 0.1) is 6.54 Å². The van der Waals surface area contributed by atoms with E-state index in [9.17, 15) is 24.0 Å². The molecule has 0 radical (unpaired) electrons. The molecular formula is C23H43N5O5. The largest absolute Gasteiger partial charge is 0.347 e. The molecule has 0 aliphatic rings. The summed E-state index contributed by atoms with van der Waals surface area (Å²) in [6.45, 7) is 9.11. The Labute approximate surface area is 198 Å². The number of amides is 5. The lowest BCUT2D eigenvalue weighted by Gasteiger charge is -2.37. The van der Waals surface area contributed by atoms with Gasteiger partial charge in [-0.25, -0.2) is 0 Å². The van der Waals surface area contributed by atoms with Gasteiger partial charge in [0.25, 0.3) is 0 Å². The summed E-state index contributed by atoms with van der Waals surface area (Å²) in [6, 6.07) is -2.16. The molecule has 0 aromatic carbocycles. The molecule has 0 fully saturated rings. The van der Waals surface area contributed by atoms with Crippen molar-refractivity contribution in [2.75, 3.05) is 41.8 Å². The third-order valence-corrected chi connectivity index (χ3v) is 5.53. The van der Waals surface area contributed by atoms with Crippen LogP contribution in [0, 0.1) is 11.8 Å². The van der Waals surface area contributed by atoms with Crippen molar-refractivity contribution < 1.29 is 24.0 Å². The molecule has 0 aromatic heterocycles. The third-order valence-electron chi connectivity index (χ3n) is 5.53. The van der Waals surface area contributed by atoms with Crippen LogP contribution in [0.4, 0.5) is 0 Å². The average molecular weight is 470 g/mol. The molecule has 10 nitrogen and oxygen atoms in total. The number of rotatable bonds is 13. The second kappa shape index (κ2) is 13.8. The zero-order valence-electron chi connectivity index (χ0n) is 21.9. The quantitative estimate of drug-likeness (QED) is 0.393. The molecule has 3 unspecified atom stereocenters. The van der Waals surface area contributed by atoms with Gasteiger partial charge in [-0.15, -0.1) is 0 Å². The van der Waals surface area contributed by atoms with Gasteiger partial charge in [0.15, 0.2) is 0 Å². The maximum atomic E-state index is 13.2. The molecule has 3 atom stereocenters. The molecule has 0 bridgehead atoms. The van der Waals surface area contributed by atoms with Crippen molar-refractivity contribution in [1.82, 2.24) is 24.9 Å². The van der Waals surface area contributed by atoms with E-state index in [1.54, 1.807) is 35.1 Å². The van der Waals surface area contributed by atoms with Gasteiger partial charge in [-0.1, -0.05) is 34.6 Å². The Bertz CT molecular complexity index is 695. The van der Waals surface area contributed by atoms with Crippen LogP contribution < -0.4 is 5.32 Å². The maximum Gasteiger partial charge on any atom is 0.245 e. The van der Waals surface area contributed by atoms with Crippen LogP contribution in [0.25, 0.3) is 0 Å². The summed E-state index contributed by atoms with van der Waals surface area (Å²) in [4.78, 5) is 67.8. The van der Waals surface area contributed by atoms with E-state index in [-0.39, 0.29) is 36.1 Å². The molecule has 0 aliphatic heterocycles. The maximum absolute atomic E-state index is 13.2. The van der Waals surface area contributed by atoms with Crippen LogP contribution in [0.15, 0.2) is 0 Å². The summed E-state index contributed by atoms with van der Waals surface area (Å²) < 4.78 is 0. The second-order valence-corrected chi connectivity index (χ2v) is 9.51. The smallest absolute Gasteiger partial charge is 0.245 e. The Kier molecular flexibility index (Phi) is 12.7. The lowest BCUT2D eigenvalue weighted by Crippen LogP contribution is -2.57. The Morgan fingerprint density at radius 3 is 1.82 bits per heavy atom. The lowest BCUT2D eigenvalue weighted by atomic mass is 9.97. The van der Waals surface area contributed by atoms with Crippen LogP contribution in [-0.2, 0) is 24.0 Å². The van der Waals surface area contributed by atoms with Crippen molar-refractivity contribution >= 4 is 30.0 Å². The van der Waals surface area contributed by atoms with E-state index in [4.69, 9.17) is 0 Å². The number of carbonyl (C=O) groups excluding carboxylic acids is 5. The standard InChI is InChI=1S/C23H43N5O5/c1-11-17(21(31)25(6)7)24-19(30)13-26(8)23(33)20(16(4)5)28(10)22(32)18(12-15(2)3)27(9)14-29/h14-18,20H,11-13H2,1-10H3,(H,24,30). The molecule has 0 saturated heterocycles. The van der Waals surface area contributed by atoms with E-state index in [1.165, 1.54) is 26.6 Å². The van der Waals surface area contributed by atoms with Crippen LogP contribution >= 0.6 is 0 Å². The SMILES string of the molecule is CCC(NC(=O)CN(C)C(=O)C(C(C)C)N(C)C(=O)C(CC(C)C)N(C)C=O)C(=O)N(C)C. The van der Waals surface area contributed by atoms with Crippen molar-refractivity contribution in [2.24, 2.45) is 11.8 Å². The van der Waals surface area contributed by atoms with Crippen molar-refractivity contribution in [2.45, 2.75) is 65.6 Å². The molecule has 5 amide bonds. The number of likely N-dealkylation sites (N-methyl/N-ethyl adjacent to an activating group) is 4. The molecule has 0 spiro atoms. The molecular weight excluding hydrogens is 426 g/mol. The Hall–Kier alpha value is -2.65. The number of hydrogen-bond donors (Lipinski definition) is 1. The van der Waals surface area contributed by atoms with Gasteiger partial charge in [-0.3, -0.25) is 24.0 Å². The summed E-state index contributed by atoms with van der Waals surface area (Å²) >= 11 is 0. The summed E-state index contributed by atoms with van der Waals surface area (Å²) in [7, 11) is 7.82. The van der Waals surface area contributed by atoms with Gasteiger partial charge in [-0.2, -0.15) is 0 Å². The van der Waals surface area contributed by atoms with Crippen LogP contribution in [-0.4, -0.2) is 110 Å². The summed E-state index contributed by atoms with van der Waals surface area (Å²) in [5.74, 6) is -1.45. The molecule has 1 N–H and O–H groups in total. The van der Waals surface area contributed by atoms with Crippen molar-refractivity contribution in [1.29, 1.82) is 0 Å². The molecule has 0 saturated carbocycles. The monoisotopic (exact) mass is 469 g/mol. The Morgan fingerprint density at radius 1 is 0.879 bits per heavy atom. The highest BCUT2D eigenvalue weighted by Crippen LogP contribution is 2.18. The van der Waals surface area contributed by atoms with Crippen LogP contribution in [0.5, 0.6) is 0 Å². The van der Waals surface area contributed by atoms with Gasteiger partial charge >= 0.3 is 0 Å². The number of nitrogens with zero attached hydrogens (tertiary/aromatic N) is 4. The van der Waals surface area contributed by atoms with Crippen LogP contribution in [0.3, 0.4) is 0 Å². The molecule has 0 aliphatic carbocycles. The van der Waals surface area contributed by atoms with Crippen molar-refractivity contribution in [3.8, 4) is 0 Å². The number of nitrogens with one attached hydrogen (secondary N) is 1. The van der Waals surface area contributed by atoms with Crippen molar-refractivity contribution in [3.63, 3.8) is 0 Å². The third kappa shape index (κ3) is 9.01. The second-order valence-electron chi connectivity index (χ2n) is 9.51. The minimum Gasteiger partial charge on any atom is -0.347 e. The van der Waals surface area contributed by atoms with Gasteiger partial charge in [0, 0.05) is 35.2 Å². The minimum atomic E-state index is -0.810. The van der Waals surface area contributed by atoms with E-state index in [0.29, 0.717) is 19.3 Å². The fraction of sp³-hybridized carbons (Fsp3) is 0.783. The predicted molar refractivity (Wildman–Crippen MR) is 127 cm³/mol. The van der Waals surface area contributed by atoms with E-state index in [2.05, 4.69) is 5.32 Å². The first-order valence-electron chi connectivity index (χ1n) is 11.4. The fourth-order valence-corrected chi connectivity index (χ4v) is 3.64. The molecule has 0 rings (SSSR count). The van der Waals surface area contributed by atoms with Gasteiger partial charge in [0.1, 0.15) is 18.1 Å². The first-order chi connectivity index (χ1) is 15.2. The van der Waals surface area contributed by atoms with Gasteiger partial charge in [0.2, 0.25) is 30.0 Å². The summed E-state index contributed by atoms with van der Waals surface area (Å²) in [6.07, 6.45) is 1.50. The highest BCUT2D eigenvalue weighted by atomic mass is 16.2. The average Bonchev–Trinajstić information content (AvgIpc) is 2.73.